The number of nitrogens with zero attached hydrogens (tertiary/aromatic N) is 1. The zero-order valence-corrected chi connectivity index (χ0v) is 14.5. The van der Waals surface area contributed by atoms with Crippen molar-refractivity contribution in [3.63, 3.8) is 0 Å². The summed E-state index contributed by atoms with van der Waals surface area (Å²) >= 11 is 0. The average Bonchev–Trinajstić information content (AvgIpc) is 2.46. The van der Waals surface area contributed by atoms with Crippen LogP contribution in [0.2, 0.25) is 0 Å². The highest BCUT2D eigenvalue weighted by Gasteiger charge is 2.32. The summed E-state index contributed by atoms with van der Waals surface area (Å²) in [6.45, 7) is 6.33. The SMILES string of the molecule is CC(C)(C)NC(=O)C1CCN(S(=O)(=O)c2ccc(F)cc2)CC1. The molecule has 0 saturated carbocycles. The average molecular weight is 342 g/mol. The van der Waals surface area contributed by atoms with Crippen LogP contribution >= 0.6 is 0 Å². The van der Waals surface area contributed by atoms with Crippen LogP contribution in [0.25, 0.3) is 0 Å². The van der Waals surface area contributed by atoms with Crippen LogP contribution in [-0.4, -0.2) is 37.3 Å². The van der Waals surface area contributed by atoms with Crippen molar-refractivity contribution in [2.24, 2.45) is 5.92 Å². The summed E-state index contributed by atoms with van der Waals surface area (Å²) in [7, 11) is -3.63. The van der Waals surface area contributed by atoms with E-state index in [0.717, 1.165) is 12.1 Å². The molecule has 1 aliphatic rings. The summed E-state index contributed by atoms with van der Waals surface area (Å²) in [4.78, 5) is 12.2. The largest absolute Gasteiger partial charge is 0.351 e. The number of benzene rings is 1. The first-order valence-corrected chi connectivity index (χ1v) is 9.11. The number of nitrogens with one attached hydrogen (secondary N) is 1. The van der Waals surface area contributed by atoms with Crippen molar-refractivity contribution in [1.29, 1.82) is 0 Å². The lowest BCUT2D eigenvalue weighted by atomic mass is 9.96. The molecule has 1 fully saturated rings. The van der Waals surface area contributed by atoms with Gasteiger partial charge in [0.1, 0.15) is 5.82 Å². The van der Waals surface area contributed by atoms with E-state index in [4.69, 9.17) is 0 Å². The first kappa shape index (κ1) is 17.9. The van der Waals surface area contributed by atoms with Gasteiger partial charge in [0.2, 0.25) is 15.9 Å². The summed E-state index contributed by atoms with van der Waals surface area (Å²) in [5.74, 6) is -0.674. The van der Waals surface area contributed by atoms with Gasteiger partial charge in [0, 0.05) is 24.5 Å². The van der Waals surface area contributed by atoms with Crippen LogP contribution in [0.3, 0.4) is 0 Å². The fourth-order valence-electron chi connectivity index (χ4n) is 2.59. The van der Waals surface area contributed by atoms with E-state index in [2.05, 4.69) is 5.32 Å². The van der Waals surface area contributed by atoms with Crippen molar-refractivity contribution in [3.05, 3.63) is 30.1 Å². The highest BCUT2D eigenvalue weighted by atomic mass is 32.2. The Balaban J connectivity index is 2.01. The summed E-state index contributed by atoms with van der Waals surface area (Å²) in [5.41, 5.74) is -0.297. The van der Waals surface area contributed by atoms with Gasteiger partial charge < -0.3 is 5.32 Å². The third kappa shape index (κ3) is 4.51. The molecule has 1 heterocycles. The van der Waals surface area contributed by atoms with E-state index in [0.29, 0.717) is 25.9 Å². The zero-order valence-electron chi connectivity index (χ0n) is 13.7. The quantitative estimate of drug-likeness (QED) is 0.915. The fourth-order valence-corrected chi connectivity index (χ4v) is 4.06. The highest BCUT2D eigenvalue weighted by molar-refractivity contribution is 7.89. The second-order valence-corrected chi connectivity index (χ2v) is 8.81. The minimum Gasteiger partial charge on any atom is -0.351 e. The standard InChI is InChI=1S/C16H23FN2O3S/c1-16(2,3)18-15(20)12-8-10-19(11-9-12)23(21,22)14-6-4-13(17)5-7-14/h4-7,12H,8-11H2,1-3H3,(H,18,20). The molecule has 1 aliphatic heterocycles. The highest BCUT2D eigenvalue weighted by Crippen LogP contribution is 2.24. The number of amides is 1. The van der Waals surface area contributed by atoms with Gasteiger partial charge in [0.25, 0.3) is 0 Å². The third-order valence-corrected chi connectivity index (χ3v) is 5.69. The number of carbonyl (C=O) groups is 1. The van der Waals surface area contributed by atoms with Crippen LogP contribution in [-0.2, 0) is 14.8 Å². The molecule has 1 saturated heterocycles. The molecule has 1 aromatic carbocycles. The van der Waals surface area contributed by atoms with Gasteiger partial charge in [-0.15, -0.1) is 0 Å². The number of piperidine rings is 1. The summed E-state index contributed by atoms with van der Waals surface area (Å²) in [5, 5.41) is 2.93. The molecule has 0 aromatic heterocycles. The molecule has 1 amide bonds. The molecular weight excluding hydrogens is 319 g/mol. The fraction of sp³-hybridized carbons (Fsp3) is 0.562. The first-order chi connectivity index (χ1) is 10.6. The minimum absolute atomic E-state index is 0.0312. The molecular formula is C16H23FN2O3S. The second-order valence-electron chi connectivity index (χ2n) is 6.87. The van der Waals surface area contributed by atoms with Gasteiger partial charge in [0.15, 0.2) is 0 Å². The van der Waals surface area contributed by atoms with E-state index in [1.165, 1.54) is 16.4 Å². The van der Waals surface area contributed by atoms with E-state index < -0.39 is 15.8 Å². The van der Waals surface area contributed by atoms with Crippen LogP contribution in [0.5, 0.6) is 0 Å². The van der Waals surface area contributed by atoms with E-state index in [9.17, 15) is 17.6 Å². The van der Waals surface area contributed by atoms with E-state index >= 15 is 0 Å². The van der Waals surface area contributed by atoms with Crippen LogP contribution in [0.4, 0.5) is 4.39 Å². The molecule has 0 bridgehead atoms. The molecule has 7 heteroatoms. The molecule has 0 unspecified atom stereocenters. The van der Waals surface area contributed by atoms with E-state index in [-0.39, 0.29) is 22.3 Å². The van der Waals surface area contributed by atoms with Crippen LogP contribution in [0, 0.1) is 11.7 Å². The van der Waals surface area contributed by atoms with Crippen LogP contribution in [0.15, 0.2) is 29.2 Å². The number of rotatable bonds is 3. The lowest BCUT2D eigenvalue weighted by Gasteiger charge is -2.32. The molecule has 0 atom stereocenters. The van der Waals surface area contributed by atoms with Gasteiger partial charge in [-0.2, -0.15) is 4.31 Å². The molecule has 0 radical (unpaired) electrons. The maximum atomic E-state index is 12.9. The van der Waals surface area contributed by atoms with Crippen molar-refractivity contribution >= 4 is 15.9 Å². The first-order valence-electron chi connectivity index (χ1n) is 7.67. The second kappa shape index (κ2) is 6.57. The van der Waals surface area contributed by atoms with Crippen molar-refractivity contribution < 1.29 is 17.6 Å². The predicted molar refractivity (Wildman–Crippen MR) is 85.8 cm³/mol. The molecule has 128 valence electrons. The Morgan fingerprint density at radius 3 is 2.17 bits per heavy atom. The molecule has 2 rings (SSSR count). The Morgan fingerprint density at radius 2 is 1.70 bits per heavy atom. The van der Waals surface area contributed by atoms with Crippen molar-refractivity contribution in [1.82, 2.24) is 9.62 Å². The van der Waals surface area contributed by atoms with Gasteiger partial charge in [0.05, 0.1) is 4.90 Å². The summed E-state index contributed by atoms with van der Waals surface area (Å²) in [6, 6.07) is 4.80. The number of hydrogen-bond acceptors (Lipinski definition) is 3. The number of carbonyl (C=O) groups excluding carboxylic acids is 1. The minimum atomic E-state index is -3.63. The van der Waals surface area contributed by atoms with Crippen LogP contribution < -0.4 is 5.32 Å². The Morgan fingerprint density at radius 1 is 1.17 bits per heavy atom. The summed E-state index contributed by atoms with van der Waals surface area (Å²) in [6.07, 6.45) is 0.977. The lowest BCUT2D eigenvalue weighted by Crippen LogP contribution is -2.47. The smallest absolute Gasteiger partial charge is 0.243 e. The molecule has 1 aromatic rings. The van der Waals surface area contributed by atoms with E-state index in [1.807, 2.05) is 20.8 Å². The molecule has 0 aliphatic carbocycles. The Kier molecular flexibility index (Phi) is 5.10. The maximum absolute atomic E-state index is 12.9. The van der Waals surface area contributed by atoms with Crippen molar-refractivity contribution in [3.8, 4) is 0 Å². The monoisotopic (exact) mass is 342 g/mol. The topological polar surface area (TPSA) is 66.5 Å². The van der Waals surface area contributed by atoms with E-state index in [1.54, 1.807) is 0 Å². The van der Waals surface area contributed by atoms with Crippen LogP contribution in [0.1, 0.15) is 33.6 Å². The number of halogens is 1. The normalized spacial score (nSPS) is 17.9. The Hall–Kier alpha value is -1.47. The van der Waals surface area contributed by atoms with Crippen molar-refractivity contribution in [2.75, 3.05) is 13.1 Å². The van der Waals surface area contributed by atoms with Gasteiger partial charge in [-0.1, -0.05) is 0 Å². The molecule has 1 N–H and O–H groups in total. The van der Waals surface area contributed by atoms with Crippen molar-refractivity contribution in [2.45, 2.75) is 44.0 Å². The molecule has 0 spiro atoms. The third-order valence-electron chi connectivity index (χ3n) is 3.77. The predicted octanol–water partition coefficient (Wildman–Crippen LogP) is 2.14. The Labute approximate surface area is 136 Å². The number of hydrogen-bond donors (Lipinski definition) is 1. The van der Waals surface area contributed by atoms with Gasteiger partial charge >= 0.3 is 0 Å². The molecule has 23 heavy (non-hydrogen) atoms. The number of sulfonamides is 1. The molecule has 5 nitrogen and oxygen atoms in total. The van der Waals surface area contributed by atoms with Gasteiger partial charge in [-0.25, -0.2) is 12.8 Å². The zero-order chi connectivity index (χ0) is 17.3. The maximum Gasteiger partial charge on any atom is 0.243 e. The summed E-state index contributed by atoms with van der Waals surface area (Å²) < 4.78 is 39.3. The van der Waals surface area contributed by atoms with Gasteiger partial charge in [-0.05, 0) is 57.9 Å². The lowest BCUT2D eigenvalue weighted by molar-refractivity contribution is -0.127. The van der Waals surface area contributed by atoms with Gasteiger partial charge in [-0.3, -0.25) is 4.79 Å². The Bertz CT molecular complexity index is 658.